The maximum absolute atomic E-state index is 5.19. The third kappa shape index (κ3) is 3.73. The number of pyridine rings is 1. The minimum atomic E-state index is 0.194. The first-order valence-corrected chi connectivity index (χ1v) is 12.7. The molecular weight excluding hydrogens is 430 g/mol. The number of aromatic nitrogens is 1. The van der Waals surface area contributed by atoms with E-state index in [4.69, 9.17) is 4.98 Å². The van der Waals surface area contributed by atoms with Crippen molar-refractivity contribution in [3.63, 3.8) is 0 Å². The zero-order valence-corrected chi connectivity index (χ0v) is 20.6. The minimum Gasteiger partial charge on any atom is -0.248 e. The van der Waals surface area contributed by atoms with E-state index in [1.807, 2.05) is 11.8 Å². The zero-order valence-electron chi connectivity index (χ0n) is 19.8. The molecule has 0 saturated carbocycles. The molecule has 0 atom stereocenters. The molecule has 0 N–H and O–H groups in total. The summed E-state index contributed by atoms with van der Waals surface area (Å²) in [4.78, 5) is 7.76. The van der Waals surface area contributed by atoms with Crippen LogP contribution in [0.2, 0.25) is 0 Å². The van der Waals surface area contributed by atoms with Gasteiger partial charge in [0.25, 0.3) is 0 Å². The van der Waals surface area contributed by atoms with Crippen LogP contribution in [-0.4, -0.2) is 4.98 Å². The molecule has 0 radical (unpaired) electrons. The van der Waals surface area contributed by atoms with Gasteiger partial charge in [-0.05, 0) is 58.4 Å². The van der Waals surface area contributed by atoms with Crippen LogP contribution in [0.3, 0.4) is 0 Å². The maximum Gasteiger partial charge on any atom is 0.0719 e. The lowest BCUT2D eigenvalue weighted by molar-refractivity contribution is 0.412. The number of nitrogens with zero attached hydrogens (tertiary/aromatic N) is 1. The Bertz CT molecular complexity index is 1540. The van der Waals surface area contributed by atoms with Crippen molar-refractivity contribution in [2.24, 2.45) is 5.41 Å². The van der Waals surface area contributed by atoms with Gasteiger partial charge in [0.1, 0.15) is 0 Å². The second-order valence-corrected chi connectivity index (χ2v) is 11.3. The molecule has 0 bridgehead atoms. The number of fused-ring (bicyclic) bond motifs is 6. The summed E-state index contributed by atoms with van der Waals surface area (Å²) in [6, 6.07) is 35.1. The van der Waals surface area contributed by atoms with Gasteiger partial charge in [-0.15, -0.1) is 0 Å². The van der Waals surface area contributed by atoms with Gasteiger partial charge in [0.05, 0.1) is 11.2 Å². The van der Waals surface area contributed by atoms with E-state index in [1.54, 1.807) is 0 Å². The molecule has 2 heteroatoms. The van der Waals surface area contributed by atoms with Crippen LogP contribution >= 0.6 is 11.8 Å². The highest BCUT2D eigenvalue weighted by molar-refractivity contribution is 7.99. The summed E-state index contributed by atoms with van der Waals surface area (Å²) in [6.45, 7) is 6.92. The Kier molecular flexibility index (Phi) is 5.08. The minimum absolute atomic E-state index is 0.194. The first-order valence-electron chi connectivity index (χ1n) is 11.9. The van der Waals surface area contributed by atoms with Crippen molar-refractivity contribution in [2.45, 2.75) is 37.0 Å². The lowest BCUT2D eigenvalue weighted by Gasteiger charge is -2.21. The lowest BCUT2D eigenvalue weighted by Crippen LogP contribution is -2.10. The van der Waals surface area contributed by atoms with E-state index < -0.39 is 0 Å². The van der Waals surface area contributed by atoms with E-state index in [0.29, 0.717) is 0 Å². The molecule has 1 aliphatic heterocycles. The molecule has 0 amide bonds. The van der Waals surface area contributed by atoms with E-state index in [-0.39, 0.29) is 5.41 Å². The van der Waals surface area contributed by atoms with Crippen LogP contribution in [0.15, 0.2) is 107 Å². The summed E-state index contributed by atoms with van der Waals surface area (Å²) < 4.78 is 0. The topological polar surface area (TPSA) is 12.9 Å². The van der Waals surface area contributed by atoms with Gasteiger partial charge in [0.2, 0.25) is 0 Å². The van der Waals surface area contributed by atoms with Crippen LogP contribution < -0.4 is 0 Å². The molecule has 2 heterocycles. The molecule has 166 valence electrons. The highest BCUT2D eigenvalue weighted by Crippen LogP contribution is 2.50. The molecule has 1 nitrogen and oxygen atoms in total. The van der Waals surface area contributed by atoms with Crippen molar-refractivity contribution < 1.29 is 0 Å². The number of hydrogen-bond acceptors (Lipinski definition) is 2. The molecule has 4 aromatic carbocycles. The van der Waals surface area contributed by atoms with Crippen molar-refractivity contribution in [3.8, 4) is 33.5 Å². The Morgan fingerprint density at radius 1 is 0.647 bits per heavy atom. The third-order valence-electron chi connectivity index (χ3n) is 6.42. The van der Waals surface area contributed by atoms with E-state index in [1.165, 1.54) is 48.6 Å². The lowest BCUT2D eigenvalue weighted by atomic mass is 9.85. The molecule has 0 spiro atoms. The Morgan fingerprint density at radius 2 is 1.29 bits per heavy atom. The molecule has 1 aromatic heterocycles. The largest absolute Gasteiger partial charge is 0.248 e. The first kappa shape index (κ1) is 21.2. The summed E-state index contributed by atoms with van der Waals surface area (Å²) in [5, 5.41) is 1.25. The summed E-state index contributed by atoms with van der Waals surface area (Å²) in [5.41, 5.74) is 10.0. The van der Waals surface area contributed by atoms with E-state index in [9.17, 15) is 0 Å². The molecule has 0 fully saturated rings. The molecule has 0 saturated heterocycles. The Morgan fingerprint density at radius 3 is 2.12 bits per heavy atom. The van der Waals surface area contributed by atoms with Crippen LogP contribution in [0.1, 0.15) is 26.3 Å². The van der Waals surface area contributed by atoms with E-state index in [2.05, 4.69) is 118 Å². The van der Waals surface area contributed by atoms with E-state index in [0.717, 1.165) is 17.6 Å². The Labute approximate surface area is 205 Å². The molecule has 0 aliphatic carbocycles. The van der Waals surface area contributed by atoms with Gasteiger partial charge in [-0.25, -0.2) is 4.98 Å². The quantitative estimate of drug-likeness (QED) is 0.257. The van der Waals surface area contributed by atoms with E-state index >= 15 is 0 Å². The van der Waals surface area contributed by atoms with Crippen LogP contribution in [0.5, 0.6) is 0 Å². The van der Waals surface area contributed by atoms with Gasteiger partial charge in [-0.2, -0.15) is 0 Å². The van der Waals surface area contributed by atoms with Crippen molar-refractivity contribution in [2.75, 3.05) is 0 Å². The van der Waals surface area contributed by atoms with Crippen molar-refractivity contribution >= 4 is 22.7 Å². The highest BCUT2D eigenvalue weighted by atomic mass is 32.2. The second kappa shape index (κ2) is 8.14. The SMILES string of the molecule is CC(C)(C)Cc1cc(-c2cccc3c2-c2ccccc2-c2ccccc2S3)nc2ccccc12. The average Bonchev–Trinajstić information content (AvgIpc) is 2.97. The molecular formula is C32H27NS. The van der Waals surface area contributed by atoms with Crippen molar-refractivity contribution in [1.82, 2.24) is 4.98 Å². The van der Waals surface area contributed by atoms with Gasteiger partial charge in [-0.3, -0.25) is 0 Å². The highest BCUT2D eigenvalue weighted by Gasteiger charge is 2.23. The normalized spacial score (nSPS) is 12.6. The standard InChI is InChI=1S/C32H27NS/c1-32(2,3)20-21-19-28(33-27-16-8-6-11-22(21)27)26-15-10-18-30-31(26)25-14-5-4-12-23(25)24-13-7-9-17-29(24)34-30/h4-19H,20H2,1-3H3. The number of benzene rings is 4. The molecule has 6 rings (SSSR count). The summed E-state index contributed by atoms with van der Waals surface area (Å²) >= 11 is 1.86. The fourth-order valence-electron chi connectivity index (χ4n) is 5.04. The van der Waals surface area contributed by atoms with Crippen molar-refractivity contribution in [3.05, 3.63) is 103 Å². The molecule has 34 heavy (non-hydrogen) atoms. The molecule has 1 aliphatic rings. The summed E-state index contributed by atoms with van der Waals surface area (Å²) in [7, 11) is 0. The summed E-state index contributed by atoms with van der Waals surface area (Å²) in [6.07, 6.45) is 1.01. The Balaban J connectivity index is 1.64. The fourth-order valence-corrected chi connectivity index (χ4v) is 6.18. The van der Waals surface area contributed by atoms with Gasteiger partial charge in [0.15, 0.2) is 0 Å². The average molecular weight is 458 g/mol. The number of rotatable bonds is 2. The number of para-hydroxylation sites is 1. The predicted octanol–water partition coefficient (Wildman–Crippen LogP) is 9.29. The number of hydrogen-bond donors (Lipinski definition) is 0. The maximum atomic E-state index is 5.19. The first-order chi connectivity index (χ1) is 16.5. The predicted molar refractivity (Wildman–Crippen MR) is 145 cm³/mol. The van der Waals surface area contributed by atoms with Crippen LogP contribution in [0.25, 0.3) is 44.4 Å². The zero-order chi connectivity index (χ0) is 23.3. The molecule has 0 unspecified atom stereocenters. The summed E-state index contributed by atoms with van der Waals surface area (Å²) in [5.74, 6) is 0. The smallest absolute Gasteiger partial charge is 0.0719 e. The van der Waals surface area contributed by atoms with Crippen LogP contribution in [0.4, 0.5) is 0 Å². The van der Waals surface area contributed by atoms with Crippen LogP contribution in [0, 0.1) is 5.41 Å². The third-order valence-corrected chi connectivity index (χ3v) is 7.55. The second-order valence-electron chi connectivity index (χ2n) is 10.2. The van der Waals surface area contributed by atoms with Gasteiger partial charge >= 0.3 is 0 Å². The van der Waals surface area contributed by atoms with Gasteiger partial charge in [0, 0.05) is 26.3 Å². The van der Waals surface area contributed by atoms with Gasteiger partial charge in [-0.1, -0.05) is 105 Å². The van der Waals surface area contributed by atoms with Crippen LogP contribution in [-0.2, 0) is 6.42 Å². The van der Waals surface area contributed by atoms with Gasteiger partial charge < -0.3 is 0 Å². The fraction of sp³-hybridized carbons (Fsp3) is 0.156. The van der Waals surface area contributed by atoms with Crippen molar-refractivity contribution in [1.29, 1.82) is 0 Å². The monoisotopic (exact) mass is 457 g/mol. The molecule has 5 aromatic rings. The Hall–Kier alpha value is -3.36.